The van der Waals surface area contributed by atoms with Crippen LogP contribution in [-0.4, -0.2) is 87.6 Å². The molecular formula is C33H42N4O9. The maximum atomic E-state index is 12.2. The Bertz CT molecular complexity index is 1490. The Hall–Kier alpha value is -4.65. The zero-order chi connectivity index (χ0) is 33.7. The second-order valence-corrected chi connectivity index (χ2v) is 12.2. The molecule has 3 aliphatic heterocycles. The molecule has 5 rings (SSSR count). The second-order valence-electron chi connectivity index (χ2n) is 12.2. The molecule has 0 radical (unpaired) electrons. The third kappa shape index (κ3) is 7.76. The number of aliphatic hydroxyl groups is 1. The van der Waals surface area contributed by atoms with Crippen molar-refractivity contribution in [3.05, 3.63) is 47.5 Å². The van der Waals surface area contributed by atoms with Gasteiger partial charge in [-0.15, -0.1) is 0 Å². The summed E-state index contributed by atoms with van der Waals surface area (Å²) in [7, 11) is 2.49. The van der Waals surface area contributed by atoms with E-state index in [2.05, 4.69) is 42.5 Å². The van der Waals surface area contributed by atoms with E-state index in [0.717, 1.165) is 28.2 Å². The average Bonchev–Trinajstić information content (AvgIpc) is 3.66. The fourth-order valence-corrected chi connectivity index (χ4v) is 5.52. The number of ether oxygens (including phenoxy) is 3. The molecule has 2 aromatic carbocycles. The summed E-state index contributed by atoms with van der Waals surface area (Å²) in [5, 5.41) is 12.5. The molecule has 3 amide bonds. The van der Waals surface area contributed by atoms with Gasteiger partial charge in [0.1, 0.15) is 0 Å². The van der Waals surface area contributed by atoms with E-state index in [1.54, 1.807) is 11.0 Å². The predicted octanol–water partition coefficient (Wildman–Crippen LogP) is 2.91. The number of benzene rings is 2. The van der Waals surface area contributed by atoms with Crippen LogP contribution in [0.25, 0.3) is 0 Å². The number of rotatable bonds is 10. The third-order valence-corrected chi connectivity index (χ3v) is 7.67. The van der Waals surface area contributed by atoms with Crippen molar-refractivity contribution in [3.8, 4) is 0 Å². The zero-order valence-electron chi connectivity index (χ0n) is 27.1. The first-order valence-electron chi connectivity index (χ1n) is 15.2. The number of hydrogen-bond acceptors (Lipinski definition) is 10. The largest absolute Gasteiger partial charge is 0.467 e. The maximum absolute atomic E-state index is 12.2. The van der Waals surface area contributed by atoms with E-state index in [1.807, 2.05) is 35.2 Å². The maximum Gasteiger partial charge on any atom is 0.415 e. The predicted molar refractivity (Wildman–Crippen MR) is 171 cm³/mol. The first kappa shape index (κ1) is 34.2. The number of methoxy groups -OCH3 is 2. The van der Waals surface area contributed by atoms with E-state index in [-0.39, 0.29) is 24.9 Å². The number of nitrogens with one attached hydrogen (secondary N) is 1. The number of fused-ring (bicyclic) bond motifs is 2. The lowest BCUT2D eigenvalue weighted by Gasteiger charge is -2.20. The van der Waals surface area contributed by atoms with Crippen LogP contribution >= 0.6 is 0 Å². The molecule has 2 atom stereocenters. The Morgan fingerprint density at radius 2 is 1.46 bits per heavy atom. The van der Waals surface area contributed by atoms with Crippen LogP contribution in [0, 0.1) is 11.8 Å². The number of aliphatic hydroxyl groups excluding tert-OH is 1. The van der Waals surface area contributed by atoms with Crippen molar-refractivity contribution in [1.82, 2.24) is 0 Å². The van der Waals surface area contributed by atoms with E-state index in [1.165, 1.54) is 19.1 Å². The van der Waals surface area contributed by atoms with Gasteiger partial charge in [0.15, 0.2) is 6.10 Å². The molecule has 1 saturated heterocycles. The summed E-state index contributed by atoms with van der Waals surface area (Å²) in [4.78, 5) is 63.9. The third-order valence-electron chi connectivity index (χ3n) is 7.67. The van der Waals surface area contributed by atoms with Gasteiger partial charge in [0.05, 0.1) is 40.2 Å². The number of cyclic esters (lactones) is 1. The molecule has 3 aliphatic rings. The second kappa shape index (κ2) is 14.6. The van der Waals surface area contributed by atoms with Gasteiger partial charge in [-0.3, -0.25) is 14.5 Å². The first-order valence-corrected chi connectivity index (χ1v) is 15.2. The van der Waals surface area contributed by atoms with Crippen LogP contribution in [0.3, 0.4) is 0 Å². The number of amides is 3. The van der Waals surface area contributed by atoms with Crippen LogP contribution in [-0.2, 0) is 46.2 Å². The molecule has 13 heteroatoms. The summed E-state index contributed by atoms with van der Waals surface area (Å²) < 4.78 is 14.1. The van der Waals surface area contributed by atoms with Crippen LogP contribution in [0.1, 0.15) is 38.8 Å². The topological polar surface area (TPSA) is 155 Å². The van der Waals surface area contributed by atoms with Gasteiger partial charge in [0.2, 0.25) is 17.9 Å². The zero-order valence-corrected chi connectivity index (χ0v) is 27.1. The molecule has 1 fully saturated rings. The molecule has 3 heterocycles. The Kier molecular flexibility index (Phi) is 10.9. The van der Waals surface area contributed by atoms with Crippen molar-refractivity contribution in [2.24, 2.45) is 11.8 Å². The number of anilines is 4. The molecule has 0 unspecified atom stereocenters. The summed E-state index contributed by atoms with van der Waals surface area (Å²) >= 11 is 0. The molecule has 0 saturated carbocycles. The summed E-state index contributed by atoms with van der Waals surface area (Å²) in [6.45, 7) is 9.83. The SMILES string of the molecule is COC(=O)[C@H](O)CNc1ccc2c(c1)CC(=O)N2CC(C)C.COC(=O)[C@H]1CN(c2ccc3c(c2)CC(=O)N3CC(C)C)C(=O)O1. The molecule has 2 N–H and O–H groups in total. The molecule has 248 valence electrons. The van der Waals surface area contributed by atoms with E-state index >= 15 is 0 Å². The summed E-state index contributed by atoms with van der Waals surface area (Å²) in [6, 6.07) is 11.1. The van der Waals surface area contributed by atoms with Gasteiger partial charge < -0.3 is 34.4 Å². The minimum atomic E-state index is -1.21. The number of hydrogen-bond donors (Lipinski definition) is 2. The Morgan fingerprint density at radius 3 is 2.00 bits per heavy atom. The first-order chi connectivity index (χ1) is 21.8. The van der Waals surface area contributed by atoms with Gasteiger partial charge in [-0.1, -0.05) is 27.7 Å². The normalized spacial score (nSPS) is 17.5. The molecule has 0 aliphatic carbocycles. The van der Waals surface area contributed by atoms with Crippen molar-refractivity contribution < 1.29 is 43.3 Å². The summed E-state index contributed by atoms with van der Waals surface area (Å²) in [5.41, 5.74) is 5.05. The molecule has 46 heavy (non-hydrogen) atoms. The fraction of sp³-hybridized carbons (Fsp3) is 0.485. The minimum Gasteiger partial charge on any atom is -0.467 e. The fourth-order valence-electron chi connectivity index (χ4n) is 5.52. The monoisotopic (exact) mass is 638 g/mol. The molecule has 13 nitrogen and oxygen atoms in total. The highest BCUT2D eigenvalue weighted by Gasteiger charge is 2.38. The van der Waals surface area contributed by atoms with Crippen molar-refractivity contribution in [1.29, 1.82) is 0 Å². The lowest BCUT2D eigenvalue weighted by molar-refractivity contribution is -0.149. The van der Waals surface area contributed by atoms with Crippen LogP contribution < -0.4 is 20.0 Å². The van der Waals surface area contributed by atoms with Crippen molar-refractivity contribution in [2.45, 2.75) is 52.7 Å². The molecule has 0 spiro atoms. The van der Waals surface area contributed by atoms with Crippen LogP contribution in [0.15, 0.2) is 36.4 Å². The Balaban J connectivity index is 0.000000210. The minimum absolute atomic E-state index is 0.0623. The number of esters is 2. The van der Waals surface area contributed by atoms with E-state index in [9.17, 15) is 29.1 Å². The van der Waals surface area contributed by atoms with Gasteiger partial charge in [-0.25, -0.2) is 14.4 Å². The molecule has 0 aromatic heterocycles. The Labute approximate surface area is 268 Å². The number of nitrogens with zero attached hydrogens (tertiary/aromatic N) is 3. The molecule has 2 aromatic rings. The van der Waals surface area contributed by atoms with Gasteiger partial charge in [-0.2, -0.15) is 0 Å². The summed E-state index contributed by atoms with van der Waals surface area (Å²) in [6.07, 6.45) is -2.02. The standard InChI is InChI=1S/C17H20N2O5.C16H22N2O4/c1-10(2)8-19-13-5-4-12(6-11(13)7-15(19)20)18-9-14(16(21)23-3)24-17(18)22;1-10(2)9-18-13-5-4-12(6-11(13)7-15(18)20)17-8-14(19)16(21)22-3/h4-6,10,14H,7-9H2,1-3H3;4-6,10,14,17,19H,7-9H2,1-3H3/t2*14-/m11/s1. The lowest BCUT2D eigenvalue weighted by Crippen LogP contribution is -2.30. The smallest absolute Gasteiger partial charge is 0.415 e. The van der Waals surface area contributed by atoms with Crippen LogP contribution in [0.5, 0.6) is 0 Å². The quantitative estimate of drug-likeness (QED) is 0.293. The van der Waals surface area contributed by atoms with Crippen LogP contribution in [0.4, 0.5) is 27.5 Å². The van der Waals surface area contributed by atoms with E-state index in [4.69, 9.17) is 4.74 Å². The van der Waals surface area contributed by atoms with Gasteiger partial charge >= 0.3 is 18.0 Å². The van der Waals surface area contributed by atoms with E-state index < -0.39 is 30.2 Å². The average molecular weight is 639 g/mol. The van der Waals surface area contributed by atoms with Gasteiger partial charge in [0.25, 0.3) is 0 Å². The lowest BCUT2D eigenvalue weighted by atomic mass is 10.1. The highest BCUT2D eigenvalue weighted by atomic mass is 16.6. The Morgan fingerprint density at radius 1 is 0.891 bits per heavy atom. The summed E-state index contributed by atoms with van der Waals surface area (Å²) in [5.74, 6) is -0.308. The van der Waals surface area contributed by atoms with Gasteiger partial charge in [0, 0.05) is 35.8 Å². The van der Waals surface area contributed by atoms with Crippen molar-refractivity contribution >= 4 is 52.6 Å². The van der Waals surface area contributed by atoms with Crippen LogP contribution in [0.2, 0.25) is 0 Å². The van der Waals surface area contributed by atoms with E-state index in [0.29, 0.717) is 43.5 Å². The number of carbonyl (C=O) groups excluding carboxylic acids is 5. The molecular weight excluding hydrogens is 596 g/mol. The van der Waals surface area contributed by atoms with Crippen molar-refractivity contribution in [2.75, 3.05) is 60.4 Å². The van der Waals surface area contributed by atoms with Crippen molar-refractivity contribution in [3.63, 3.8) is 0 Å². The van der Waals surface area contributed by atoms with Gasteiger partial charge in [-0.05, 0) is 59.4 Å². The highest BCUT2D eigenvalue weighted by Crippen LogP contribution is 2.34. The highest BCUT2D eigenvalue weighted by molar-refractivity contribution is 6.03. The number of carbonyl (C=O) groups is 5. The molecule has 0 bridgehead atoms.